The molecule has 156 valence electrons. The minimum atomic E-state index is -0.833. The van der Waals surface area contributed by atoms with Crippen LogP contribution in [0, 0.1) is 0 Å². The standard InChI is InChI=1S/2C9H20N2.C2H4O2/c2*1-8(2)5-7(10)6-9(3,4)11-8;1-2(3)4/h2*7,11H,5-6,10H2,1-4H3;1H3,(H,3,4). The molecule has 2 aliphatic rings. The number of hydrogen-bond donors (Lipinski definition) is 5. The predicted molar refractivity (Wildman–Crippen MR) is 110 cm³/mol. The van der Waals surface area contributed by atoms with Crippen molar-refractivity contribution in [3.63, 3.8) is 0 Å². The van der Waals surface area contributed by atoms with Crippen molar-refractivity contribution < 1.29 is 9.90 Å². The van der Waals surface area contributed by atoms with E-state index >= 15 is 0 Å². The van der Waals surface area contributed by atoms with E-state index in [0.29, 0.717) is 12.1 Å². The van der Waals surface area contributed by atoms with Gasteiger partial charge in [0.05, 0.1) is 0 Å². The van der Waals surface area contributed by atoms with Gasteiger partial charge in [0.25, 0.3) is 5.97 Å². The lowest BCUT2D eigenvalue weighted by atomic mass is 9.80. The van der Waals surface area contributed by atoms with Crippen LogP contribution < -0.4 is 22.1 Å². The Hall–Kier alpha value is -0.690. The summed E-state index contributed by atoms with van der Waals surface area (Å²) in [4.78, 5) is 9.00. The second kappa shape index (κ2) is 9.00. The maximum Gasteiger partial charge on any atom is 0.300 e. The predicted octanol–water partition coefficient (Wildman–Crippen LogP) is 2.60. The molecule has 2 rings (SSSR count). The Balaban J connectivity index is 0.000000401. The zero-order valence-corrected chi connectivity index (χ0v) is 18.5. The Morgan fingerprint density at radius 3 is 1.00 bits per heavy atom. The van der Waals surface area contributed by atoms with Gasteiger partial charge in [0.2, 0.25) is 0 Å². The fourth-order valence-electron chi connectivity index (χ4n) is 4.80. The Morgan fingerprint density at radius 1 is 0.731 bits per heavy atom. The van der Waals surface area contributed by atoms with Crippen LogP contribution >= 0.6 is 0 Å². The minimum Gasteiger partial charge on any atom is -0.481 e. The van der Waals surface area contributed by atoms with Gasteiger partial charge in [-0.1, -0.05) is 0 Å². The van der Waals surface area contributed by atoms with E-state index in [-0.39, 0.29) is 22.2 Å². The van der Waals surface area contributed by atoms with Crippen molar-refractivity contribution in [2.24, 2.45) is 11.5 Å². The number of hydrogen-bond acceptors (Lipinski definition) is 5. The van der Waals surface area contributed by atoms with Crippen LogP contribution in [0.2, 0.25) is 0 Å². The highest BCUT2D eigenvalue weighted by Crippen LogP contribution is 2.27. The summed E-state index contributed by atoms with van der Waals surface area (Å²) in [5.41, 5.74) is 12.7. The number of carboxylic acids is 1. The van der Waals surface area contributed by atoms with Crippen molar-refractivity contribution in [2.45, 2.75) is 122 Å². The van der Waals surface area contributed by atoms with Gasteiger partial charge < -0.3 is 27.2 Å². The summed E-state index contributed by atoms with van der Waals surface area (Å²) in [6.45, 7) is 18.8. The average molecular weight is 373 g/mol. The van der Waals surface area contributed by atoms with Crippen LogP contribution in [-0.2, 0) is 4.79 Å². The molecule has 2 aliphatic heterocycles. The van der Waals surface area contributed by atoms with Crippen molar-refractivity contribution >= 4 is 5.97 Å². The van der Waals surface area contributed by atoms with Crippen LogP contribution in [0.3, 0.4) is 0 Å². The lowest BCUT2D eigenvalue weighted by Crippen LogP contribution is -2.60. The van der Waals surface area contributed by atoms with Gasteiger partial charge in [-0.2, -0.15) is 0 Å². The monoisotopic (exact) mass is 372 g/mol. The molecule has 2 saturated heterocycles. The number of carbonyl (C=O) groups is 1. The van der Waals surface area contributed by atoms with E-state index in [9.17, 15) is 0 Å². The van der Waals surface area contributed by atoms with E-state index in [1.165, 1.54) is 0 Å². The second-order valence-corrected chi connectivity index (χ2v) is 10.6. The molecule has 7 N–H and O–H groups in total. The zero-order chi connectivity index (χ0) is 21.0. The van der Waals surface area contributed by atoms with Crippen molar-refractivity contribution in [2.75, 3.05) is 0 Å². The average Bonchev–Trinajstić information content (AvgIpc) is 2.16. The Kier molecular flexibility index (Phi) is 8.76. The molecule has 2 heterocycles. The smallest absolute Gasteiger partial charge is 0.300 e. The molecule has 0 saturated carbocycles. The molecule has 0 radical (unpaired) electrons. The van der Waals surface area contributed by atoms with Crippen molar-refractivity contribution in [3.05, 3.63) is 0 Å². The number of carboxylic acid groups (broad SMARTS) is 1. The first-order valence-corrected chi connectivity index (χ1v) is 9.64. The third kappa shape index (κ3) is 11.8. The van der Waals surface area contributed by atoms with E-state index in [4.69, 9.17) is 21.4 Å². The third-order valence-electron chi connectivity index (χ3n) is 4.44. The molecule has 0 aromatic rings. The SMILES string of the molecule is CC(=O)O.CC1(C)CC(N)CC(C)(C)N1.CC1(C)CC(N)CC(C)(C)N1. The van der Waals surface area contributed by atoms with Crippen LogP contribution in [0.5, 0.6) is 0 Å². The number of nitrogens with one attached hydrogen (secondary N) is 2. The van der Waals surface area contributed by atoms with Gasteiger partial charge in [0.15, 0.2) is 0 Å². The van der Waals surface area contributed by atoms with Gasteiger partial charge in [-0.05, 0) is 81.1 Å². The number of aliphatic carboxylic acids is 1. The molecule has 0 aliphatic carbocycles. The van der Waals surface area contributed by atoms with Crippen LogP contribution in [0.4, 0.5) is 0 Å². The zero-order valence-electron chi connectivity index (χ0n) is 18.5. The van der Waals surface area contributed by atoms with E-state index in [1.54, 1.807) is 0 Å². The maximum absolute atomic E-state index is 9.00. The molecule has 26 heavy (non-hydrogen) atoms. The molecule has 0 aromatic heterocycles. The Morgan fingerprint density at radius 2 is 0.885 bits per heavy atom. The van der Waals surface area contributed by atoms with E-state index in [0.717, 1.165) is 32.6 Å². The van der Waals surface area contributed by atoms with Crippen molar-refractivity contribution in [1.82, 2.24) is 10.6 Å². The largest absolute Gasteiger partial charge is 0.481 e. The summed E-state index contributed by atoms with van der Waals surface area (Å²) in [7, 11) is 0. The normalized spacial score (nSPS) is 26.6. The summed E-state index contributed by atoms with van der Waals surface area (Å²) < 4.78 is 0. The first-order valence-electron chi connectivity index (χ1n) is 9.64. The summed E-state index contributed by atoms with van der Waals surface area (Å²) in [5, 5.41) is 14.6. The lowest BCUT2D eigenvalue weighted by molar-refractivity contribution is -0.134. The lowest BCUT2D eigenvalue weighted by Gasteiger charge is -2.45. The quantitative estimate of drug-likeness (QED) is 0.447. The molecule has 6 nitrogen and oxygen atoms in total. The highest BCUT2D eigenvalue weighted by atomic mass is 16.4. The van der Waals surface area contributed by atoms with Crippen LogP contribution in [-0.4, -0.2) is 45.3 Å². The molecule has 0 amide bonds. The third-order valence-corrected chi connectivity index (χ3v) is 4.44. The van der Waals surface area contributed by atoms with Crippen LogP contribution in [0.25, 0.3) is 0 Å². The van der Waals surface area contributed by atoms with E-state index in [2.05, 4.69) is 66.0 Å². The topological polar surface area (TPSA) is 113 Å². The van der Waals surface area contributed by atoms with Gasteiger partial charge in [0.1, 0.15) is 0 Å². The Labute approximate surface area is 160 Å². The first kappa shape index (κ1) is 25.3. The van der Waals surface area contributed by atoms with Gasteiger partial charge >= 0.3 is 0 Å². The molecule has 2 fully saturated rings. The number of rotatable bonds is 0. The van der Waals surface area contributed by atoms with Crippen molar-refractivity contribution in [3.8, 4) is 0 Å². The Bertz CT molecular complexity index is 387. The minimum absolute atomic E-state index is 0.209. The number of nitrogens with two attached hydrogens (primary N) is 2. The fraction of sp³-hybridized carbons (Fsp3) is 0.950. The molecule has 0 atom stereocenters. The van der Waals surface area contributed by atoms with E-state index < -0.39 is 5.97 Å². The van der Waals surface area contributed by atoms with Gasteiger partial charge in [0, 0.05) is 41.2 Å². The maximum atomic E-state index is 9.00. The summed E-state index contributed by atoms with van der Waals surface area (Å²) in [6.07, 6.45) is 4.32. The first-order chi connectivity index (χ1) is 11.3. The molecule has 0 aromatic carbocycles. The van der Waals surface area contributed by atoms with Gasteiger partial charge in [-0.25, -0.2) is 0 Å². The highest BCUT2D eigenvalue weighted by molar-refractivity contribution is 5.62. The molecule has 6 heteroatoms. The van der Waals surface area contributed by atoms with Crippen LogP contribution in [0.15, 0.2) is 0 Å². The highest BCUT2D eigenvalue weighted by Gasteiger charge is 2.36. The summed E-state index contributed by atoms with van der Waals surface area (Å²) in [5.74, 6) is -0.833. The fourth-order valence-corrected chi connectivity index (χ4v) is 4.80. The molecular weight excluding hydrogens is 328 g/mol. The van der Waals surface area contributed by atoms with Crippen molar-refractivity contribution in [1.29, 1.82) is 0 Å². The number of piperidine rings is 2. The molecule has 0 unspecified atom stereocenters. The van der Waals surface area contributed by atoms with Gasteiger partial charge in [-0.3, -0.25) is 4.79 Å². The molecular formula is C20H44N4O2. The summed E-state index contributed by atoms with van der Waals surface area (Å²) in [6, 6.07) is 0.725. The van der Waals surface area contributed by atoms with Crippen LogP contribution in [0.1, 0.15) is 88.0 Å². The second-order valence-electron chi connectivity index (χ2n) is 10.6. The van der Waals surface area contributed by atoms with E-state index in [1.807, 2.05) is 0 Å². The molecule has 0 bridgehead atoms. The van der Waals surface area contributed by atoms with Gasteiger partial charge in [-0.15, -0.1) is 0 Å². The summed E-state index contributed by atoms with van der Waals surface area (Å²) >= 11 is 0. The molecule has 0 spiro atoms.